The summed E-state index contributed by atoms with van der Waals surface area (Å²) >= 11 is 6.49. The van der Waals surface area contributed by atoms with E-state index in [1.807, 2.05) is 48.5 Å². The van der Waals surface area contributed by atoms with Crippen molar-refractivity contribution in [1.82, 2.24) is 4.90 Å². The van der Waals surface area contributed by atoms with E-state index in [0.29, 0.717) is 29.3 Å². The molecule has 1 aliphatic rings. The number of methoxy groups -OCH3 is 1. The number of hydrogen-bond acceptors (Lipinski definition) is 4. The Labute approximate surface area is 174 Å². The minimum Gasteiger partial charge on any atom is -0.496 e. The topological polar surface area (TPSA) is 70.0 Å². The second-order valence-electron chi connectivity index (χ2n) is 7.20. The number of piperidine rings is 1. The van der Waals surface area contributed by atoms with Crippen molar-refractivity contribution in [2.75, 3.05) is 20.2 Å². The fourth-order valence-corrected chi connectivity index (χ4v) is 4.19. The molecule has 1 heterocycles. The molecule has 5 nitrogen and oxygen atoms in total. The van der Waals surface area contributed by atoms with E-state index in [1.165, 1.54) is 0 Å². The van der Waals surface area contributed by atoms with Gasteiger partial charge in [0.25, 0.3) is 5.91 Å². The highest BCUT2D eigenvalue weighted by atomic mass is 35.5. The van der Waals surface area contributed by atoms with E-state index in [1.54, 1.807) is 18.1 Å². The Kier molecular flexibility index (Phi) is 5.46. The number of likely N-dealkylation sites (tertiary alicyclic amines) is 1. The van der Waals surface area contributed by atoms with Crippen molar-refractivity contribution in [3.63, 3.8) is 0 Å². The molecule has 0 unspecified atom stereocenters. The molecule has 6 heteroatoms. The number of aliphatic hydroxyl groups is 2. The molecule has 0 aromatic heterocycles. The van der Waals surface area contributed by atoms with Gasteiger partial charge in [0, 0.05) is 24.2 Å². The van der Waals surface area contributed by atoms with Crippen LogP contribution in [-0.4, -0.2) is 53.4 Å². The molecule has 1 amide bonds. The van der Waals surface area contributed by atoms with Crippen molar-refractivity contribution in [1.29, 1.82) is 0 Å². The zero-order valence-electron chi connectivity index (χ0n) is 16.0. The lowest BCUT2D eigenvalue weighted by Gasteiger charge is -2.33. The molecule has 2 atom stereocenters. The first-order valence-corrected chi connectivity index (χ1v) is 9.89. The van der Waals surface area contributed by atoms with Crippen LogP contribution in [0.3, 0.4) is 0 Å². The molecule has 0 radical (unpaired) electrons. The normalized spacial score (nSPS) is 19.4. The smallest absolute Gasteiger partial charge is 0.254 e. The molecule has 0 saturated carbocycles. The van der Waals surface area contributed by atoms with Crippen LogP contribution < -0.4 is 4.74 Å². The molecule has 0 bridgehead atoms. The first-order valence-electron chi connectivity index (χ1n) is 9.51. The monoisotopic (exact) mass is 411 g/mol. The summed E-state index contributed by atoms with van der Waals surface area (Å²) in [6.07, 6.45) is -1.35. The summed E-state index contributed by atoms with van der Waals surface area (Å²) in [6, 6.07) is 16.9. The van der Waals surface area contributed by atoms with Crippen LogP contribution in [0.25, 0.3) is 21.9 Å². The Hall–Kier alpha value is -2.60. The first-order chi connectivity index (χ1) is 14.0. The van der Waals surface area contributed by atoms with E-state index in [4.69, 9.17) is 16.3 Å². The summed E-state index contributed by atoms with van der Waals surface area (Å²) < 4.78 is 5.51. The summed E-state index contributed by atoms with van der Waals surface area (Å²) in [5.74, 6) is 0.500. The number of aliphatic hydroxyl groups excluding tert-OH is 2. The molecule has 4 rings (SSSR count). The number of β-amino-alcohol motifs (C(OH)–C–C–N with tert-alkyl or cyclic N) is 1. The van der Waals surface area contributed by atoms with Gasteiger partial charge in [0.2, 0.25) is 0 Å². The third-order valence-electron chi connectivity index (χ3n) is 5.45. The van der Waals surface area contributed by atoms with E-state index in [0.717, 1.165) is 21.9 Å². The van der Waals surface area contributed by atoms with Crippen molar-refractivity contribution in [3.05, 3.63) is 65.2 Å². The standard InChI is InChI=1S/C23H22ClNO4/c1-29-21-10-4-9-18(24)22(21)16-7-2-6-15-14(16)5-3-8-17(15)23(28)25-12-11-19(26)20(27)13-25/h2-10,19-20,26-27H,11-13H2,1H3/t19-,20-/m0/s1. The van der Waals surface area contributed by atoms with Gasteiger partial charge in [0.05, 0.1) is 24.3 Å². The fraction of sp³-hybridized carbons (Fsp3) is 0.261. The van der Waals surface area contributed by atoms with Crippen LogP contribution in [0.4, 0.5) is 0 Å². The zero-order chi connectivity index (χ0) is 20.5. The van der Waals surface area contributed by atoms with E-state index in [-0.39, 0.29) is 12.5 Å². The van der Waals surface area contributed by atoms with E-state index in [9.17, 15) is 15.0 Å². The summed E-state index contributed by atoms with van der Waals surface area (Å²) in [6.45, 7) is 0.528. The van der Waals surface area contributed by atoms with Gasteiger partial charge in [-0.2, -0.15) is 0 Å². The third-order valence-corrected chi connectivity index (χ3v) is 5.77. The van der Waals surface area contributed by atoms with Gasteiger partial charge in [-0.25, -0.2) is 0 Å². The van der Waals surface area contributed by atoms with E-state index in [2.05, 4.69) is 0 Å². The molecule has 3 aromatic rings. The molecule has 0 aliphatic carbocycles. The van der Waals surface area contributed by atoms with Crippen LogP contribution in [0.1, 0.15) is 16.8 Å². The van der Waals surface area contributed by atoms with Crippen LogP contribution in [0.2, 0.25) is 5.02 Å². The maximum Gasteiger partial charge on any atom is 0.254 e. The summed E-state index contributed by atoms with van der Waals surface area (Å²) in [7, 11) is 1.60. The van der Waals surface area contributed by atoms with Crippen LogP contribution in [0.5, 0.6) is 5.75 Å². The predicted molar refractivity (Wildman–Crippen MR) is 113 cm³/mol. The molecule has 3 aromatic carbocycles. The highest BCUT2D eigenvalue weighted by Crippen LogP contribution is 2.40. The number of nitrogens with zero attached hydrogens (tertiary/aromatic N) is 1. The Morgan fingerprint density at radius 2 is 1.76 bits per heavy atom. The maximum atomic E-state index is 13.2. The molecule has 150 valence electrons. The lowest BCUT2D eigenvalue weighted by atomic mass is 9.94. The second-order valence-corrected chi connectivity index (χ2v) is 7.61. The number of hydrogen-bond donors (Lipinski definition) is 2. The Morgan fingerprint density at radius 1 is 1.03 bits per heavy atom. The van der Waals surface area contributed by atoms with Gasteiger partial charge in [0.15, 0.2) is 0 Å². The van der Waals surface area contributed by atoms with Crippen molar-refractivity contribution < 1.29 is 19.7 Å². The third kappa shape index (κ3) is 3.57. The number of rotatable bonds is 3. The van der Waals surface area contributed by atoms with Crippen LogP contribution in [-0.2, 0) is 0 Å². The predicted octanol–water partition coefficient (Wildman–Crippen LogP) is 3.74. The number of carbonyl (C=O) groups excluding carboxylic acids is 1. The lowest BCUT2D eigenvalue weighted by molar-refractivity contribution is -0.0321. The average Bonchev–Trinajstić information content (AvgIpc) is 2.74. The second kappa shape index (κ2) is 8.03. The van der Waals surface area contributed by atoms with Gasteiger partial charge in [-0.05, 0) is 41.0 Å². The lowest BCUT2D eigenvalue weighted by Crippen LogP contribution is -2.49. The molecule has 1 aliphatic heterocycles. The molecule has 29 heavy (non-hydrogen) atoms. The summed E-state index contributed by atoms with van der Waals surface area (Å²) in [4.78, 5) is 14.8. The summed E-state index contributed by atoms with van der Waals surface area (Å²) in [5.41, 5.74) is 2.22. The van der Waals surface area contributed by atoms with E-state index < -0.39 is 12.2 Å². The number of ether oxygens (including phenoxy) is 1. The number of amides is 1. The van der Waals surface area contributed by atoms with Gasteiger partial charge < -0.3 is 19.8 Å². The molecule has 1 saturated heterocycles. The number of benzene rings is 3. The number of carbonyl (C=O) groups is 1. The number of fused-ring (bicyclic) bond motifs is 1. The molecular formula is C23H22ClNO4. The average molecular weight is 412 g/mol. The minimum atomic E-state index is -0.925. The van der Waals surface area contributed by atoms with Crippen molar-refractivity contribution >= 4 is 28.3 Å². The highest BCUT2D eigenvalue weighted by molar-refractivity contribution is 6.34. The highest BCUT2D eigenvalue weighted by Gasteiger charge is 2.30. The van der Waals surface area contributed by atoms with Crippen molar-refractivity contribution in [2.24, 2.45) is 0 Å². The molecule has 1 fully saturated rings. The van der Waals surface area contributed by atoms with Gasteiger partial charge in [-0.1, -0.05) is 48.0 Å². The largest absolute Gasteiger partial charge is 0.496 e. The van der Waals surface area contributed by atoms with Crippen LogP contribution in [0, 0.1) is 0 Å². The van der Waals surface area contributed by atoms with Crippen LogP contribution >= 0.6 is 11.6 Å². The first kappa shape index (κ1) is 19.7. The molecule has 2 N–H and O–H groups in total. The Morgan fingerprint density at radius 3 is 2.52 bits per heavy atom. The van der Waals surface area contributed by atoms with Gasteiger partial charge in [-0.3, -0.25) is 4.79 Å². The summed E-state index contributed by atoms with van der Waals surface area (Å²) in [5, 5.41) is 22.0. The Bertz CT molecular complexity index is 1070. The Balaban J connectivity index is 1.82. The van der Waals surface area contributed by atoms with Crippen molar-refractivity contribution in [2.45, 2.75) is 18.6 Å². The van der Waals surface area contributed by atoms with Gasteiger partial charge in [-0.15, -0.1) is 0 Å². The van der Waals surface area contributed by atoms with E-state index >= 15 is 0 Å². The molecule has 0 spiro atoms. The minimum absolute atomic E-state index is 0.119. The van der Waals surface area contributed by atoms with Crippen molar-refractivity contribution in [3.8, 4) is 16.9 Å². The zero-order valence-corrected chi connectivity index (χ0v) is 16.8. The quantitative estimate of drug-likeness (QED) is 0.688. The van der Waals surface area contributed by atoms with Crippen LogP contribution in [0.15, 0.2) is 54.6 Å². The SMILES string of the molecule is COc1cccc(Cl)c1-c1cccc2c(C(=O)N3CC[C@H](O)[C@@H](O)C3)cccc12. The van der Waals surface area contributed by atoms with Gasteiger partial charge in [0.1, 0.15) is 5.75 Å². The molecular weight excluding hydrogens is 390 g/mol. The fourth-order valence-electron chi connectivity index (χ4n) is 3.92. The van der Waals surface area contributed by atoms with Gasteiger partial charge >= 0.3 is 0 Å². The maximum absolute atomic E-state index is 13.2. The number of halogens is 1.